The van der Waals surface area contributed by atoms with Crippen molar-refractivity contribution in [3.05, 3.63) is 25.3 Å². The van der Waals surface area contributed by atoms with Crippen LogP contribution < -0.4 is 5.32 Å². The molecular weight excluding hydrogens is 178 g/mol. The third kappa shape index (κ3) is 58.1. The van der Waals surface area contributed by atoms with Crippen LogP contribution in [-0.4, -0.2) is 32.3 Å². The van der Waals surface area contributed by atoms with E-state index in [-0.39, 0.29) is 0 Å². The van der Waals surface area contributed by atoms with Gasteiger partial charge in [-0.05, 0) is 0 Å². The van der Waals surface area contributed by atoms with E-state index < -0.39 is 10.1 Å². The molecule has 0 aromatic heterocycles. The first-order valence-electron chi connectivity index (χ1n) is 3.26. The Bertz CT molecular complexity index is 193. The van der Waals surface area contributed by atoms with Gasteiger partial charge in [-0.1, -0.05) is 12.2 Å². The van der Waals surface area contributed by atoms with Gasteiger partial charge in [-0.25, -0.2) is 0 Å². The van der Waals surface area contributed by atoms with Crippen LogP contribution in [-0.2, 0) is 10.1 Å². The van der Waals surface area contributed by atoms with E-state index in [0.29, 0.717) is 6.26 Å². The van der Waals surface area contributed by atoms with Gasteiger partial charge in [-0.3, -0.25) is 4.55 Å². The molecule has 0 saturated carbocycles. The van der Waals surface area contributed by atoms with Gasteiger partial charge in [-0.2, -0.15) is 8.42 Å². The summed E-state index contributed by atoms with van der Waals surface area (Å²) in [7, 11) is -3.67. The summed E-state index contributed by atoms with van der Waals surface area (Å²) in [6.07, 6.45) is 4.36. The van der Waals surface area contributed by atoms with Crippen LogP contribution in [0.4, 0.5) is 0 Å². The summed E-state index contributed by atoms with van der Waals surface area (Å²) in [5.41, 5.74) is 0. The van der Waals surface area contributed by atoms with Crippen LogP contribution in [0.1, 0.15) is 0 Å². The van der Waals surface area contributed by atoms with Gasteiger partial charge >= 0.3 is 0 Å². The molecule has 0 amide bonds. The first kappa shape index (κ1) is 13.9. The van der Waals surface area contributed by atoms with Gasteiger partial charge in [0, 0.05) is 13.1 Å². The van der Waals surface area contributed by atoms with Crippen molar-refractivity contribution in [2.75, 3.05) is 19.3 Å². The summed E-state index contributed by atoms with van der Waals surface area (Å²) < 4.78 is 25.9. The SMILES string of the molecule is C=CCNCC=C.CS(=O)(=O)O. The predicted octanol–water partition coefficient (Wildman–Crippen LogP) is 0.452. The molecule has 0 radical (unpaired) electrons. The fourth-order valence-electron chi connectivity index (χ4n) is 0.287. The van der Waals surface area contributed by atoms with Gasteiger partial charge in [-0.15, -0.1) is 13.2 Å². The lowest BCUT2D eigenvalue weighted by Crippen LogP contribution is -2.11. The predicted molar refractivity (Wildman–Crippen MR) is 50.7 cm³/mol. The fourth-order valence-corrected chi connectivity index (χ4v) is 0.287. The van der Waals surface area contributed by atoms with Crippen molar-refractivity contribution < 1.29 is 13.0 Å². The summed E-state index contributed by atoms with van der Waals surface area (Å²) in [4.78, 5) is 0. The van der Waals surface area contributed by atoms with Crippen LogP contribution in [0.15, 0.2) is 25.3 Å². The lowest BCUT2D eigenvalue weighted by molar-refractivity contribution is 0.490. The quantitative estimate of drug-likeness (QED) is 0.386. The molecule has 0 aliphatic rings. The van der Waals surface area contributed by atoms with E-state index in [1.807, 2.05) is 12.2 Å². The third-order valence-electron chi connectivity index (χ3n) is 0.577. The van der Waals surface area contributed by atoms with Crippen molar-refractivity contribution in [1.82, 2.24) is 5.32 Å². The molecule has 0 atom stereocenters. The zero-order valence-corrected chi connectivity index (χ0v) is 7.97. The Morgan fingerprint density at radius 2 is 1.58 bits per heavy atom. The topological polar surface area (TPSA) is 66.4 Å². The Morgan fingerprint density at radius 3 is 1.75 bits per heavy atom. The lowest BCUT2D eigenvalue weighted by Gasteiger charge is -1.90. The fraction of sp³-hybridized carbons (Fsp3) is 0.429. The monoisotopic (exact) mass is 193 g/mol. The molecular formula is C7H15NO3S. The maximum atomic E-state index is 9.19. The summed E-state index contributed by atoms with van der Waals surface area (Å²) in [5, 5.41) is 3.05. The van der Waals surface area contributed by atoms with E-state index >= 15 is 0 Å². The zero-order valence-electron chi connectivity index (χ0n) is 7.16. The first-order valence-corrected chi connectivity index (χ1v) is 5.11. The van der Waals surface area contributed by atoms with E-state index in [1.165, 1.54) is 0 Å². The van der Waals surface area contributed by atoms with Crippen molar-refractivity contribution in [1.29, 1.82) is 0 Å². The van der Waals surface area contributed by atoms with E-state index in [4.69, 9.17) is 4.55 Å². The average molecular weight is 193 g/mol. The molecule has 0 aliphatic heterocycles. The smallest absolute Gasteiger partial charge is 0.261 e. The third-order valence-corrected chi connectivity index (χ3v) is 0.577. The summed E-state index contributed by atoms with van der Waals surface area (Å²) >= 11 is 0. The minimum Gasteiger partial charge on any atom is -0.310 e. The minimum absolute atomic E-state index is 0.715. The van der Waals surface area contributed by atoms with E-state index in [1.54, 1.807) is 0 Å². The molecule has 12 heavy (non-hydrogen) atoms. The van der Waals surface area contributed by atoms with Crippen molar-refractivity contribution in [2.45, 2.75) is 0 Å². The molecule has 0 rings (SSSR count). The van der Waals surface area contributed by atoms with Gasteiger partial charge < -0.3 is 5.32 Å². The molecule has 0 spiro atoms. The maximum absolute atomic E-state index is 9.19. The highest BCUT2D eigenvalue weighted by Crippen LogP contribution is 1.60. The Kier molecular flexibility index (Phi) is 9.79. The van der Waals surface area contributed by atoms with Crippen LogP contribution in [0.2, 0.25) is 0 Å². The molecule has 0 aromatic carbocycles. The van der Waals surface area contributed by atoms with Gasteiger partial charge in [0.1, 0.15) is 0 Å². The second-order valence-electron chi connectivity index (χ2n) is 1.97. The Morgan fingerprint density at radius 1 is 1.33 bits per heavy atom. The standard InChI is InChI=1S/C6H11N.CH4O3S/c1-3-5-7-6-4-2;1-5(2,3)4/h3-4,7H,1-2,5-6H2;1H3,(H,2,3,4). The first-order chi connectivity index (χ1) is 5.41. The van der Waals surface area contributed by atoms with E-state index in [0.717, 1.165) is 13.1 Å². The molecule has 4 nitrogen and oxygen atoms in total. The molecule has 0 saturated heterocycles. The van der Waals surface area contributed by atoms with Gasteiger partial charge in [0.2, 0.25) is 0 Å². The number of nitrogens with one attached hydrogen (secondary N) is 1. The number of hydrogen-bond donors (Lipinski definition) is 2. The highest BCUT2D eigenvalue weighted by Gasteiger charge is 1.81. The normalized spacial score (nSPS) is 9.50. The van der Waals surface area contributed by atoms with Crippen LogP contribution in [0, 0.1) is 0 Å². The van der Waals surface area contributed by atoms with Gasteiger partial charge in [0.15, 0.2) is 0 Å². The van der Waals surface area contributed by atoms with Gasteiger partial charge in [0.05, 0.1) is 6.26 Å². The number of hydrogen-bond acceptors (Lipinski definition) is 3. The molecule has 0 fully saturated rings. The van der Waals surface area contributed by atoms with Crippen molar-refractivity contribution >= 4 is 10.1 Å². The second kappa shape index (κ2) is 8.45. The Balaban J connectivity index is 0. The highest BCUT2D eigenvalue weighted by atomic mass is 32.2. The Hall–Kier alpha value is -0.650. The average Bonchev–Trinajstić information content (AvgIpc) is 1.85. The molecule has 0 heterocycles. The largest absolute Gasteiger partial charge is 0.310 e. The summed E-state index contributed by atoms with van der Waals surface area (Å²) in [6, 6.07) is 0. The Labute approximate surface area is 73.7 Å². The minimum atomic E-state index is -3.67. The summed E-state index contributed by atoms with van der Waals surface area (Å²) in [5.74, 6) is 0. The van der Waals surface area contributed by atoms with E-state index in [9.17, 15) is 8.42 Å². The van der Waals surface area contributed by atoms with Crippen molar-refractivity contribution in [3.63, 3.8) is 0 Å². The second-order valence-corrected chi connectivity index (χ2v) is 3.43. The zero-order chi connectivity index (χ0) is 10.0. The maximum Gasteiger partial charge on any atom is 0.261 e. The molecule has 0 aromatic rings. The highest BCUT2D eigenvalue weighted by molar-refractivity contribution is 7.85. The van der Waals surface area contributed by atoms with Crippen LogP contribution in [0.25, 0.3) is 0 Å². The van der Waals surface area contributed by atoms with Crippen LogP contribution in [0.3, 0.4) is 0 Å². The van der Waals surface area contributed by atoms with Gasteiger partial charge in [0.25, 0.3) is 10.1 Å². The number of rotatable bonds is 4. The molecule has 0 aliphatic carbocycles. The van der Waals surface area contributed by atoms with Crippen LogP contribution in [0.5, 0.6) is 0 Å². The van der Waals surface area contributed by atoms with Crippen molar-refractivity contribution in [3.8, 4) is 0 Å². The molecule has 72 valence electrons. The lowest BCUT2D eigenvalue weighted by atomic mass is 10.5. The van der Waals surface area contributed by atoms with Crippen molar-refractivity contribution in [2.24, 2.45) is 0 Å². The molecule has 2 N–H and O–H groups in total. The molecule has 5 heteroatoms. The molecule has 0 bridgehead atoms. The van der Waals surface area contributed by atoms with E-state index in [2.05, 4.69) is 18.5 Å². The summed E-state index contributed by atoms with van der Waals surface area (Å²) in [6.45, 7) is 8.81. The molecule has 0 unspecified atom stereocenters. The van der Waals surface area contributed by atoms with Crippen LogP contribution >= 0.6 is 0 Å².